The van der Waals surface area contributed by atoms with Gasteiger partial charge < -0.3 is 24.2 Å². The summed E-state index contributed by atoms with van der Waals surface area (Å²) in [5.41, 5.74) is -0.277. The fourth-order valence-corrected chi connectivity index (χ4v) is 3.28. The minimum atomic E-state index is -5.08. The van der Waals surface area contributed by atoms with Crippen molar-refractivity contribution in [3.05, 3.63) is 24.4 Å². The number of aliphatic carboxylic acids is 1. The minimum absolute atomic E-state index is 0.00706. The largest absolute Gasteiger partial charge is 0.490 e. The molecule has 162 valence electrons. The first kappa shape index (κ1) is 22.9. The van der Waals surface area contributed by atoms with Gasteiger partial charge in [0.15, 0.2) is 0 Å². The van der Waals surface area contributed by atoms with Gasteiger partial charge in [0.2, 0.25) is 11.8 Å². The molecule has 2 aliphatic heterocycles. The Morgan fingerprint density at radius 2 is 2.14 bits per heavy atom. The average molecular weight is 420 g/mol. The number of carbonyl (C=O) groups excluding carboxylic acids is 1. The van der Waals surface area contributed by atoms with Gasteiger partial charge in [-0.3, -0.25) is 4.79 Å². The number of methoxy groups -OCH3 is 1. The maximum atomic E-state index is 12.0. The van der Waals surface area contributed by atoms with Crippen LogP contribution in [0.1, 0.15) is 19.3 Å². The number of hydrogen-bond donors (Lipinski definition) is 1. The molecule has 0 radical (unpaired) electrons. The van der Waals surface area contributed by atoms with Crippen LogP contribution in [0.15, 0.2) is 24.4 Å². The third kappa shape index (κ3) is 6.86. The van der Waals surface area contributed by atoms with E-state index in [0.29, 0.717) is 19.0 Å². The summed E-state index contributed by atoms with van der Waals surface area (Å²) in [6.07, 6.45) is -0.669. The molecule has 2 aliphatic rings. The van der Waals surface area contributed by atoms with Crippen LogP contribution in [-0.4, -0.2) is 78.2 Å². The maximum absolute atomic E-state index is 12.0. The number of carboxylic acids is 1. The van der Waals surface area contributed by atoms with Crippen molar-refractivity contribution in [1.82, 2.24) is 9.88 Å². The normalized spacial score (nSPS) is 24.0. The van der Waals surface area contributed by atoms with Crippen molar-refractivity contribution in [2.75, 3.05) is 33.4 Å². The highest BCUT2D eigenvalue weighted by Gasteiger charge is 2.45. The summed E-state index contributed by atoms with van der Waals surface area (Å²) >= 11 is 0. The van der Waals surface area contributed by atoms with Crippen molar-refractivity contribution < 1.29 is 42.1 Å². The number of amides is 1. The zero-order valence-corrected chi connectivity index (χ0v) is 15.9. The van der Waals surface area contributed by atoms with E-state index >= 15 is 0 Å². The Morgan fingerprint density at radius 3 is 2.72 bits per heavy atom. The second-order valence-electron chi connectivity index (χ2n) is 6.76. The molecule has 1 aromatic heterocycles. The highest BCUT2D eigenvalue weighted by Crippen LogP contribution is 2.36. The van der Waals surface area contributed by atoms with E-state index in [-0.39, 0.29) is 24.2 Å². The molecule has 3 heterocycles. The number of rotatable bonds is 4. The zero-order valence-electron chi connectivity index (χ0n) is 15.9. The molecule has 1 amide bonds. The van der Waals surface area contributed by atoms with Gasteiger partial charge in [-0.1, -0.05) is 6.07 Å². The molecule has 2 saturated heterocycles. The third-order valence-corrected chi connectivity index (χ3v) is 4.50. The lowest BCUT2D eigenvalue weighted by molar-refractivity contribution is -0.192. The van der Waals surface area contributed by atoms with E-state index in [1.807, 2.05) is 23.1 Å². The van der Waals surface area contributed by atoms with Gasteiger partial charge >= 0.3 is 12.1 Å². The van der Waals surface area contributed by atoms with Crippen LogP contribution in [0.4, 0.5) is 13.2 Å². The number of pyridine rings is 1. The van der Waals surface area contributed by atoms with Crippen LogP contribution in [0.3, 0.4) is 0 Å². The van der Waals surface area contributed by atoms with E-state index in [2.05, 4.69) is 4.98 Å². The molecule has 2 atom stereocenters. The van der Waals surface area contributed by atoms with E-state index in [0.717, 1.165) is 25.8 Å². The Morgan fingerprint density at radius 1 is 1.41 bits per heavy atom. The summed E-state index contributed by atoms with van der Waals surface area (Å²) < 4.78 is 48.6. The predicted molar refractivity (Wildman–Crippen MR) is 93.3 cm³/mol. The first-order chi connectivity index (χ1) is 13.6. The topological polar surface area (TPSA) is 98.2 Å². The lowest BCUT2D eigenvalue weighted by Crippen LogP contribution is -2.51. The van der Waals surface area contributed by atoms with Crippen LogP contribution in [0.5, 0.6) is 5.88 Å². The zero-order chi connectivity index (χ0) is 21.5. The van der Waals surface area contributed by atoms with Gasteiger partial charge in [0, 0.05) is 38.9 Å². The molecule has 0 bridgehead atoms. The Hall–Kier alpha value is -2.40. The Bertz CT molecular complexity index is 688. The number of nitrogens with zero attached hydrogens (tertiary/aromatic N) is 2. The lowest BCUT2D eigenvalue weighted by Gasteiger charge is -2.39. The summed E-state index contributed by atoms with van der Waals surface area (Å²) in [4.78, 5) is 26.9. The smallest absolute Gasteiger partial charge is 0.475 e. The van der Waals surface area contributed by atoms with Gasteiger partial charge in [-0.2, -0.15) is 13.2 Å². The Kier molecular flexibility index (Phi) is 7.80. The van der Waals surface area contributed by atoms with E-state index in [9.17, 15) is 18.0 Å². The van der Waals surface area contributed by atoms with Gasteiger partial charge in [-0.25, -0.2) is 9.78 Å². The first-order valence-corrected chi connectivity index (χ1v) is 8.94. The molecule has 2 fully saturated rings. The molecule has 11 heteroatoms. The number of aromatic nitrogens is 1. The van der Waals surface area contributed by atoms with Gasteiger partial charge in [0.1, 0.15) is 12.7 Å². The highest BCUT2D eigenvalue weighted by atomic mass is 19.4. The number of alkyl halides is 3. The molecular weight excluding hydrogens is 397 g/mol. The number of likely N-dealkylation sites (tertiary alicyclic amines) is 1. The van der Waals surface area contributed by atoms with Crippen molar-refractivity contribution in [2.24, 2.45) is 0 Å². The summed E-state index contributed by atoms with van der Waals surface area (Å²) in [5.74, 6) is -2.11. The number of ether oxygens (including phenoxy) is 3. The number of halogens is 3. The molecular formula is C18H23F3N2O6. The molecule has 0 saturated carbocycles. The fourth-order valence-electron chi connectivity index (χ4n) is 3.28. The summed E-state index contributed by atoms with van der Waals surface area (Å²) in [6, 6.07) is 5.61. The van der Waals surface area contributed by atoms with E-state index < -0.39 is 12.1 Å². The van der Waals surface area contributed by atoms with Gasteiger partial charge in [-0.05, 0) is 18.9 Å². The SMILES string of the molecule is COCC(=O)N1CCC[C@]2(C[C@@H](Oc3ccccn3)CO2)C1.O=C(O)C(F)(F)F. The third-order valence-electron chi connectivity index (χ3n) is 4.50. The van der Waals surface area contributed by atoms with Crippen molar-refractivity contribution >= 4 is 11.9 Å². The van der Waals surface area contributed by atoms with Crippen LogP contribution < -0.4 is 4.74 Å². The van der Waals surface area contributed by atoms with Gasteiger partial charge in [-0.15, -0.1) is 0 Å². The highest BCUT2D eigenvalue weighted by molar-refractivity contribution is 5.77. The fraction of sp³-hybridized carbons (Fsp3) is 0.611. The number of carboxylic acid groups (broad SMARTS) is 1. The Balaban J connectivity index is 0.000000370. The quantitative estimate of drug-likeness (QED) is 0.794. The molecule has 0 unspecified atom stereocenters. The predicted octanol–water partition coefficient (Wildman–Crippen LogP) is 1.89. The van der Waals surface area contributed by atoms with E-state index in [4.69, 9.17) is 24.1 Å². The average Bonchev–Trinajstić information content (AvgIpc) is 3.04. The minimum Gasteiger partial charge on any atom is -0.475 e. The molecule has 8 nitrogen and oxygen atoms in total. The van der Waals surface area contributed by atoms with Crippen molar-refractivity contribution in [2.45, 2.75) is 37.1 Å². The standard InChI is InChI=1S/C16H22N2O4.C2HF3O2/c1-20-11-15(19)18-8-4-6-16(12-18)9-13(10-21-16)22-14-5-2-3-7-17-14;3-2(4,5)1(6)7/h2-3,5,7,13H,4,6,8-12H2,1H3;(H,6,7)/t13-,16+;/m1./s1. The van der Waals surface area contributed by atoms with Crippen LogP contribution in [-0.2, 0) is 19.1 Å². The summed E-state index contributed by atoms with van der Waals surface area (Å²) in [6.45, 7) is 2.07. The monoisotopic (exact) mass is 420 g/mol. The molecule has 0 aromatic carbocycles. The molecule has 29 heavy (non-hydrogen) atoms. The number of carbonyl (C=O) groups is 2. The summed E-state index contributed by atoms with van der Waals surface area (Å²) in [7, 11) is 1.54. The second-order valence-corrected chi connectivity index (χ2v) is 6.76. The van der Waals surface area contributed by atoms with Crippen LogP contribution in [0.25, 0.3) is 0 Å². The van der Waals surface area contributed by atoms with Crippen LogP contribution in [0, 0.1) is 0 Å². The molecule has 0 aliphatic carbocycles. The van der Waals surface area contributed by atoms with Crippen molar-refractivity contribution in [3.63, 3.8) is 0 Å². The molecule has 3 rings (SSSR count). The van der Waals surface area contributed by atoms with Crippen LogP contribution in [0.2, 0.25) is 0 Å². The molecule has 1 aromatic rings. The van der Waals surface area contributed by atoms with E-state index in [1.165, 1.54) is 0 Å². The first-order valence-electron chi connectivity index (χ1n) is 8.94. The Labute approximate surface area is 165 Å². The van der Waals surface area contributed by atoms with Crippen molar-refractivity contribution in [1.29, 1.82) is 0 Å². The maximum Gasteiger partial charge on any atom is 0.490 e. The second kappa shape index (κ2) is 9.88. The molecule has 1 spiro atoms. The number of hydrogen-bond acceptors (Lipinski definition) is 6. The van der Waals surface area contributed by atoms with Crippen molar-refractivity contribution in [3.8, 4) is 5.88 Å². The lowest BCUT2D eigenvalue weighted by atomic mass is 9.89. The van der Waals surface area contributed by atoms with E-state index in [1.54, 1.807) is 13.3 Å². The molecule has 1 N–H and O–H groups in total. The van der Waals surface area contributed by atoms with Gasteiger partial charge in [0.25, 0.3) is 0 Å². The van der Waals surface area contributed by atoms with Crippen LogP contribution >= 0.6 is 0 Å². The summed E-state index contributed by atoms with van der Waals surface area (Å²) in [5, 5.41) is 7.12. The number of piperidine rings is 1. The van der Waals surface area contributed by atoms with Gasteiger partial charge in [0.05, 0.1) is 12.2 Å².